The summed E-state index contributed by atoms with van der Waals surface area (Å²) in [5.41, 5.74) is 5.26. The Morgan fingerprint density at radius 3 is 2.48 bits per heavy atom. The lowest BCUT2D eigenvalue weighted by Crippen LogP contribution is -2.08. The lowest BCUT2D eigenvalue weighted by atomic mass is 10.0. The van der Waals surface area contributed by atoms with Gasteiger partial charge >= 0.3 is 0 Å². The van der Waals surface area contributed by atoms with E-state index in [1.165, 1.54) is 0 Å². The molecule has 0 aliphatic rings. The van der Waals surface area contributed by atoms with E-state index in [0.29, 0.717) is 0 Å². The topological polar surface area (TPSA) is 12.0 Å². The first-order chi connectivity index (χ1) is 11.1. The van der Waals surface area contributed by atoms with E-state index in [-0.39, 0.29) is 0 Å². The van der Waals surface area contributed by atoms with Crippen molar-refractivity contribution in [2.45, 2.75) is 27.2 Å². The second kappa shape index (κ2) is 10.1. The number of hydrogen-bond donors (Lipinski definition) is 1. The van der Waals surface area contributed by atoms with Crippen LogP contribution in [0, 0.1) is 12.3 Å². The molecule has 0 amide bonds. The van der Waals surface area contributed by atoms with Gasteiger partial charge in [-0.25, -0.2) is 0 Å². The molecule has 0 saturated heterocycles. The van der Waals surface area contributed by atoms with Gasteiger partial charge in [-0.15, -0.1) is 6.42 Å². The van der Waals surface area contributed by atoms with E-state index < -0.39 is 0 Å². The fourth-order valence-corrected chi connectivity index (χ4v) is 2.06. The molecule has 0 heterocycles. The molecular formula is C22H25N. The van der Waals surface area contributed by atoms with Crippen LogP contribution in [0.3, 0.4) is 0 Å². The molecule has 1 heteroatoms. The zero-order valence-electron chi connectivity index (χ0n) is 14.3. The van der Waals surface area contributed by atoms with E-state index in [1.807, 2.05) is 32.1 Å². The van der Waals surface area contributed by atoms with Crippen molar-refractivity contribution in [3.63, 3.8) is 0 Å². The molecule has 0 unspecified atom stereocenters. The predicted octanol–water partition coefficient (Wildman–Crippen LogP) is 5.71. The molecule has 1 aromatic carbocycles. The summed E-state index contributed by atoms with van der Waals surface area (Å²) < 4.78 is 0. The quantitative estimate of drug-likeness (QED) is 0.502. The maximum atomic E-state index is 5.27. The van der Waals surface area contributed by atoms with Gasteiger partial charge in [0.1, 0.15) is 0 Å². The second-order valence-electron chi connectivity index (χ2n) is 5.11. The lowest BCUT2D eigenvalue weighted by Gasteiger charge is -2.11. The molecule has 0 aromatic heterocycles. The van der Waals surface area contributed by atoms with Crippen LogP contribution in [-0.2, 0) is 0 Å². The summed E-state index contributed by atoms with van der Waals surface area (Å²) in [6, 6.07) is 8.28. The molecule has 0 spiro atoms. The number of nitrogens with one attached hydrogen (secondary N) is 1. The van der Waals surface area contributed by atoms with Crippen LogP contribution >= 0.6 is 0 Å². The zero-order valence-corrected chi connectivity index (χ0v) is 14.3. The van der Waals surface area contributed by atoms with Crippen LogP contribution < -0.4 is 5.32 Å². The Hall–Kier alpha value is -2.72. The van der Waals surface area contributed by atoms with Crippen LogP contribution in [0.25, 0.3) is 11.3 Å². The van der Waals surface area contributed by atoms with Gasteiger partial charge < -0.3 is 5.32 Å². The Kier molecular flexibility index (Phi) is 8.03. The second-order valence-corrected chi connectivity index (χ2v) is 5.11. The van der Waals surface area contributed by atoms with E-state index in [0.717, 1.165) is 34.5 Å². The molecule has 0 fully saturated rings. The van der Waals surface area contributed by atoms with Crippen molar-refractivity contribution in [1.82, 2.24) is 5.32 Å². The Bertz CT molecular complexity index is 674. The molecule has 0 bridgehead atoms. The number of benzene rings is 1. The maximum absolute atomic E-state index is 5.27. The molecule has 1 N–H and O–H groups in total. The minimum absolute atomic E-state index is 0.886. The Morgan fingerprint density at radius 1 is 1.26 bits per heavy atom. The van der Waals surface area contributed by atoms with Gasteiger partial charge in [-0.1, -0.05) is 61.9 Å². The van der Waals surface area contributed by atoms with E-state index in [4.69, 9.17) is 6.42 Å². The molecule has 1 nitrogen and oxygen atoms in total. The van der Waals surface area contributed by atoms with Crippen molar-refractivity contribution in [2.24, 2.45) is 0 Å². The summed E-state index contributed by atoms with van der Waals surface area (Å²) in [6.45, 7) is 10.3. The van der Waals surface area contributed by atoms with Crippen LogP contribution in [0.5, 0.6) is 0 Å². The summed E-state index contributed by atoms with van der Waals surface area (Å²) in [6.07, 6.45) is 18.2. The number of allylic oxidation sites excluding steroid dienone is 8. The van der Waals surface area contributed by atoms with Crippen molar-refractivity contribution in [2.75, 3.05) is 0 Å². The molecule has 0 atom stereocenters. The van der Waals surface area contributed by atoms with Crippen LogP contribution in [0.2, 0.25) is 0 Å². The van der Waals surface area contributed by atoms with Crippen molar-refractivity contribution < 1.29 is 0 Å². The number of rotatable bonds is 7. The molecule has 1 rings (SSSR count). The largest absolute Gasteiger partial charge is 0.359 e. The Balaban J connectivity index is 2.82. The van der Waals surface area contributed by atoms with Gasteiger partial charge in [-0.3, -0.25) is 0 Å². The van der Waals surface area contributed by atoms with Crippen LogP contribution in [0.15, 0.2) is 73.0 Å². The molecule has 0 saturated carbocycles. The van der Waals surface area contributed by atoms with Crippen LogP contribution in [-0.4, -0.2) is 0 Å². The maximum Gasteiger partial charge on any atom is 0.0382 e. The third kappa shape index (κ3) is 6.28. The highest BCUT2D eigenvalue weighted by molar-refractivity contribution is 5.75. The number of hydrogen-bond acceptors (Lipinski definition) is 1. The van der Waals surface area contributed by atoms with Gasteiger partial charge in [-0.2, -0.15) is 0 Å². The molecule has 118 valence electrons. The summed E-state index contributed by atoms with van der Waals surface area (Å²) in [5.74, 6) is 2.52. The minimum Gasteiger partial charge on any atom is -0.359 e. The first-order valence-corrected chi connectivity index (χ1v) is 7.81. The third-order valence-electron chi connectivity index (χ3n) is 3.30. The highest BCUT2D eigenvalue weighted by atomic mass is 14.9. The third-order valence-corrected chi connectivity index (χ3v) is 3.30. The Labute approximate surface area is 140 Å². The average molecular weight is 303 g/mol. The zero-order chi connectivity index (χ0) is 17.1. The summed E-state index contributed by atoms with van der Waals surface area (Å²) in [4.78, 5) is 0. The first kappa shape index (κ1) is 18.3. The van der Waals surface area contributed by atoms with Crippen molar-refractivity contribution >= 4 is 11.3 Å². The van der Waals surface area contributed by atoms with E-state index >= 15 is 0 Å². The van der Waals surface area contributed by atoms with Gasteiger partial charge in [0.15, 0.2) is 0 Å². The van der Waals surface area contributed by atoms with Gasteiger partial charge in [0.2, 0.25) is 0 Å². The highest BCUT2D eigenvalue weighted by Crippen LogP contribution is 2.19. The lowest BCUT2D eigenvalue weighted by molar-refractivity contribution is 1.08. The highest BCUT2D eigenvalue weighted by Gasteiger charge is 2.01. The van der Waals surface area contributed by atoms with Gasteiger partial charge in [0.05, 0.1) is 0 Å². The summed E-state index contributed by atoms with van der Waals surface area (Å²) >= 11 is 0. The smallest absolute Gasteiger partial charge is 0.0382 e. The fourth-order valence-electron chi connectivity index (χ4n) is 2.06. The van der Waals surface area contributed by atoms with Crippen molar-refractivity contribution in [3.8, 4) is 12.3 Å². The molecular weight excluding hydrogens is 278 g/mol. The molecule has 0 aliphatic carbocycles. The Morgan fingerprint density at radius 2 is 1.91 bits per heavy atom. The van der Waals surface area contributed by atoms with E-state index in [1.54, 1.807) is 6.08 Å². The number of terminal acetylenes is 1. The predicted molar refractivity (Wildman–Crippen MR) is 103 cm³/mol. The van der Waals surface area contributed by atoms with E-state index in [2.05, 4.69) is 61.2 Å². The molecule has 1 aromatic rings. The monoisotopic (exact) mass is 303 g/mol. The minimum atomic E-state index is 0.886. The first-order valence-electron chi connectivity index (χ1n) is 7.81. The fraction of sp³-hybridized carbons (Fsp3) is 0.182. The normalized spacial score (nSPS) is 12.6. The molecule has 0 aliphatic heterocycles. The van der Waals surface area contributed by atoms with Crippen LogP contribution in [0.1, 0.15) is 38.3 Å². The van der Waals surface area contributed by atoms with E-state index in [9.17, 15) is 0 Å². The van der Waals surface area contributed by atoms with Crippen molar-refractivity contribution in [1.29, 1.82) is 0 Å². The van der Waals surface area contributed by atoms with Gasteiger partial charge in [0.25, 0.3) is 0 Å². The molecule has 23 heavy (non-hydrogen) atoms. The summed E-state index contributed by atoms with van der Waals surface area (Å²) in [7, 11) is 0. The van der Waals surface area contributed by atoms with Crippen LogP contribution in [0.4, 0.5) is 0 Å². The summed E-state index contributed by atoms with van der Waals surface area (Å²) in [5, 5.41) is 3.31. The standard InChI is InChI=1S/C22H25N/c1-6-9-11-12-18(4)23-19(5)21-14-16-22(17-15-21)20(8-3)13-10-7-2/h2,8-17,23H,5-6H2,1,3-4H3/b11-9-,13-10-,18-12+,20-8+. The average Bonchev–Trinajstić information content (AvgIpc) is 2.56. The van der Waals surface area contributed by atoms with Gasteiger partial charge in [0, 0.05) is 11.4 Å². The van der Waals surface area contributed by atoms with Crippen molar-refractivity contribution in [3.05, 3.63) is 84.1 Å². The molecule has 0 radical (unpaired) electrons. The SMILES string of the molecule is C#C/C=C\C(=C/C)c1ccc(C(=C)N/C(C)=C/C=C\CC)cc1. The van der Waals surface area contributed by atoms with Gasteiger partial charge in [-0.05, 0) is 55.2 Å².